The normalized spacial score (nSPS) is 12.2. The van der Waals surface area contributed by atoms with E-state index >= 15 is 0 Å². The van der Waals surface area contributed by atoms with Gasteiger partial charge in [0, 0.05) is 69.2 Å². The van der Waals surface area contributed by atoms with E-state index in [4.69, 9.17) is 9.47 Å². The monoisotopic (exact) mass is 1020 g/mol. The lowest BCUT2D eigenvalue weighted by Crippen LogP contribution is -2.04. The second-order valence-electron chi connectivity index (χ2n) is 20.4. The molecule has 0 saturated carbocycles. The highest BCUT2D eigenvalue weighted by Gasteiger charge is 2.29. The molecule has 0 aliphatic heterocycles. The fourth-order valence-corrected chi connectivity index (χ4v) is 11.9. The molecule has 0 aromatic heterocycles. The molecule has 0 spiro atoms. The zero-order valence-corrected chi connectivity index (χ0v) is 43.8. The van der Waals surface area contributed by atoms with Crippen LogP contribution in [0.15, 0.2) is 278 Å². The van der Waals surface area contributed by atoms with Crippen LogP contribution in [0.3, 0.4) is 0 Å². The van der Waals surface area contributed by atoms with Crippen LogP contribution in [0.4, 0.5) is 0 Å². The van der Waals surface area contributed by atoms with E-state index in [0.717, 1.165) is 89.4 Å². The van der Waals surface area contributed by atoms with Crippen LogP contribution in [0.2, 0.25) is 0 Å². The largest absolute Gasteiger partial charge is 0.456 e. The Labute approximate surface area is 467 Å². The summed E-state index contributed by atoms with van der Waals surface area (Å²) in [7, 11) is 0. The van der Waals surface area contributed by atoms with Crippen molar-refractivity contribution in [2.24, 2.45) is 0 Å². The number of fused-ring (bicyclic) bond motifs is 6. The highest BCUT2D eigenvalue weighted by Crippen LogP contribution is 2.50. The number of hydrogen-bond donors (Lipinski definition) is 0. The molecule has 0 amide bonds. The minimum Gasteiger partial charge on any atom is -0.456 e. The van der Waals surface area contributed by atoms with Gasteiger partial charge in [0.2, 0.25) is 0 Å². The Morgan fingerprint density at radius 1 is 0.338 bits per heavy atom. The highest BCUT2D eigenvalue weighted by molar-refractivity contribution is 5.86. The van der Waals surface area contributed by atoms with E-state index in [-0.39, 0.29) is 11.8 Å². The molecular formula is C76H52N2O2. The fourth-order valence-electron chi connectivity index (χ4n) is 11.9. The molecule has 4 nitrogen and oxygen atoms in total. The molecular weight excluding hydrogens is 973 g/mol. The van der Waals surface area contributed by atoms with Gasteiger partial charge in [-0.15, -0.1) is 0 Å². The first kappa shape index (κ1) is 49.1. The number of para-hydroxylation sites is 2. The Balaban J connectivity index is 0.895. The standard InChI is InChI=1S/C76H52N2O2/c77-49-61(73(51-22-5-1-6-23-51)52-24-7-2-8-25-52)45-59-40-42-67-63-34-15-13-30-57(63)47-69(67)75(59)79-71-38-19-17-36-65(71)55-32-21-33-56(44-55)66-37-18-20-39-72(66)80-76-60(41-43-68-64-35-16-14-31-58(64)48-70(68)76)46-62(50-78)74(53-26-9-3-10-27-53)54-28-11-4-12-29-54/h1-46,73-74H,47-48H2. The molecule has 2 aliphatic carbocycles. The zero-order chi connectivity index (χ0) is 53.8. The Hall–Kier alpha value is -10.5. The van der Waals surface area contributed by atoms with Gasteiger partial charge in [0.15, 0.2) is 0 Å². The fraction of sp³-hybridized carbons (Fsp3) is 0.0526. The Bertz CT molecular complexity index is 3910. The van der Waals surface area contributed by atoms with E-state index in [1.165, 1.54) is 22.3 Å². The average molecular weight is 1030 g/mol. The number of hydrogen-bond acceptors (Lipinski definition) is 4. The Morgan fingerprint density at radius 2 is 0.675 bits per heavy atom. The first-order valence-corrected chi connectivity index (χ1v) is 27.2. The molecule has 11 aromatic carbocycles. The third-order valence-electron chi connectivity index (χ3n) is 15.6. The van der Waals surface area contributed by atoms with Crippen LogP contribution in [0, 0.1) is 22.7 Å². The number of ether oxygens (including phenoxy) is 2. The summed E-state index contributed by atoms with van der Waals surface area (Å²) in [5.74, 6) is 2.28. The van der Waals surface area contributed by atoms with Crippen molar-refractivity contribution in [1.29, 1.82) is 10.5 Å². The Kier molecular flexibility index (Phi) is 13.4. The summed E-state index contributed by atoms with van der Waals surface area (Å²) < 4.78 is 14.7. The van der Waals surface area contributed by atoms with Gasteiger partial charge in [0.05, 0.1) is 12.1 Å². The minimum atomic E-state index is -0.286. The van der Waals surface area contributed by atoms with E-state index in [1.54, 1.807) is 0 Å². The average Bonchev–Trinajstić information content (AvgIpc) is 4.19. The molecule has 378 valence electrons. The molecule has 13 rings (SSSR count). The van der Waals surface area contributed by atoms with E-state index in [9.17, 15) is 10.5 Å². The lowest BCUT2D eigenvalue weighted by Gasteiger charge is -2.20. The molecule has 80 heavy (non-hydrogen) atoms. The van der Waals surface area contributed by atoms with Gasteiger partial charge < -0.3 is 9.47 Å². The van der Waals surface area contributed by atoms with Gasteiger partial charge in [-0.2, -0.15) is 10.5 Å². The molecule has 0 fully saturated rings. The topological polar surface area (TPSA) is 66.0 Å². The second kappa shape index (κ2) is 21.8. The van der Waals surface area contributed by atoms with Crippen molar-refractivity contribution in [3.63, 3.8) is 0 Å². The van der Waals surface area contributed by atoms with Gasteiger partial charge in [0.25, 0.3) is 0 Å². The third kappa shape index (κ3) is 9.47. The maximum absolute atomic E-state index is 11.1. The van der Waals surface area contributed by atoms with Gasteiger partial charge >= 0.3 is 0 Å². The van der Waals surface area contributed by atoms with Crippen molar-refractivity contribution in [1.82, 2.24) is 0 Å². The van der Waals surface area contributed by atoms with Crippen LogP contribution in [0.25, 0.3) is 56.7 Å². The summed E-state index contributed by atoms with van der Waals surface area (Å²) in [6.45, 7) is 0. The van der Waals surface area contributed by atoms with Crippen LogP contribution in [-0.4, -0.2) is 0 Å². The highest BCUT2D eigenvalue weighted by atomic mass is 16.5. The summed E-state index contributed by atoms with van der Waals surface area (Å²) in [4.78, 5) is 0. The predicted octanol–water partition coefficient (Wildman–Crippen LogP) is 19.2. The van der Waals surface area contributed by atoms with Gasteiger partial charge in [-0.1, -0.05) is 249 Å². The maximum atomic E-state index is 11.1. The molecule has 4 heteroatoms. The third-order valence-corrected chi connectivity index (χ3v) is 15.6. The molecule has 0 saturated heterocycles. The van der Waals surface area contributed by atoms with Crippen LogP contribution in [0.5, 0.6) is 23.0 Å². The second-order valence-corrected chi connectivity index (χ2v) is 20.4. The van der Waals surface area contributed by atoms with Crippen molar-refractivity contribution in [2.75, 3.05) is 0 Å². The number of nitrogens with zero attached hydrogens (tertiary/aromatic N) is 2. The van der Waals surface area contributed by atoms with E-state index < -0.39 is 0 Å². The van der Waals surface area contributed by atoms with Crippen molar-refractivity contribution < 1.29 is 9.47 Å². The zero-order valence-electron chi connectivity index (χ0n) is 43.8. The van der Waals surface area contributed by atoms with Gasteiger partial charge in [-0.05, 0) is 97.1 Å². The van der Waals surface area contributed by atoms with Crippen molar-refractivity contribution in [2.45, 2.75) is 24.7 Å². The van der Waals surface area contributed by atoms with Crippen molar-refractivity contribution in [3.05, 3.63) is 334 Å². The smallest absolute Gasteiger partial charge is 0.138 e. The summed E-state index contributed by atoms with van der Waals surface area (Å²) in [5.41, 5.74) is 20.2. The number of allylic oxidation sites excluding steroid dienone is 2. The van der Waals surface area contributed by atoms with Crippen LogP contribution in [-0.2, 0) is 12.8 Å². The summed E-state index contributed by atoms with van der Waals surface area (Å²) in [6, 6.07) is 97.0. The lowest BCUT2D eigenvalue weighted by atomic mass is 9.84. The van der Waals surface area contributed by atoms with Crippen molar-refractivity contribution in [3.8, 4) is 79.6 Å². The van der Waals surface area contributed by atoms with Gasteiger partial charge in [-0.25, -0.2) is 0 Å². The molecule has 11 aromatic rings. The molecule has 0 unspecified atom stereocenters. The summed E-state index contributed by atoms with van der Waals surface area (Å²) in [6.07, 6.45) is 5.45. The van der Waals surface area contributed by atoms with Crippen LogP contribution in [0.1, 0.15) is 67.5 Å². The Morgan fingerprint density at radius 3 is 1.05 bits per heavy atom. The molecule has 2 aliphatic rings. The lowest BCUT2D eigenvalue weighted by molar-refractivity contribution is 0.479. The maximum Gasteiger partial charge on any atom is 0.138 e. The van der Waals surface area contributed by atoms with E-state index in [1.807, 2.05) is 109 Å². The molecule has 0 bridgehead atoms. The van der Waals surface area contributed by atoms with Crippen LogP contribution >= 0.6 is 0 Å². The number of benzene rings is 11. The number of rotatable bonds is 14. The molecule has 0 heterocycles. The van der Waals surface area contributed by atoms with Crippen LogP contribution < -0.4 is 9.47 Å². The molecule has 0 radical (unpaired) electrons. The predicted molar refractivity (Wildman–Crippen MR) is 323 cm³/mol. The summed E-state index contributed by atoms with van der Waals surface area (Å²) in [5, 5.41) is 22.1. The first-order chi connectivity index (χ1) is 39.6. The van der Waals surface area contributed by atoms with E-state index in [2.05, 4.69) is 182 Å². The first-order valence-electron chi connectivity index (χ1n) is 27.2. The van der Waals surface area contributed by atoms with Crippen molar-refractivity contribution >= 4 is 12.2 Å². The molecule has 0 N–H and O–H groups in total. The quantitative estimate of drug-likeness (QED) is 0.102. The SMILES string of the molecule is N#CC(=Cc1ccc2c(c1Oc1ccccc1-c1cccc(-c3ccccc3Oc3c(C=C(C#N)C(c4ccccc4)c4ccccc4)ccc4c3Cc3ccccc3-4)c1)Cc1ccccc1-2)C(c1ccccc1)c1ccccc1. The van der Waals surface area contributed by atoms with Gasteiger partial charge in [-0.3, -0.25) is 0 Å². The molecule has 0 atom stereocenters. The number of nitriles is 2. The van der Waals surface area contributed by atoms with E-state index in [0.29, 0.717) is 35.5 Å². The minimum absolute atomic E-state index is 0.286. The van der Waals surface area contributed by atoms with Gasteiger partial charge in [0.1, 0.15) is 23.0 Å². The summed E-state index contributed by atoms with van der Waals surface area (Å²) >= 11 is 0.